The van der Waals surface area contributed by atoms with Crippen molar-refractivity contribution in [3.8, 4) is 5.75 Å². The van der Waals surface area contributed by atoms with Gasteiger partial charge >= 0.3 is 5.69 Å². The molecular weight excluding hydrogens is 339 g/mol. The molecule has 24 heavy (non-hydrogen) atoms. The van der Waals surface area contributed by atoms with Crippen molar-refractivity contribution in [2.45, 2.75) is 20.0 Å². The first-order valence-corrected chi connectivity index (χ1v) is 7.33. The lowest BCUT2D eigenvalue weighted by Crippen LogP contribution is -2.30. The predicted octanol–water partition coefficient (Wildman–Crippen LogP) is 4.10. The highest BCUT2D eigenvalue weighted by atomic mass is 35.5. The van der Waals surface area contributed by atoms with Gasteiger partial charge in [-0.2, -0.15) is 4.39 Å². The van der Waals surface area contributed by atoms with Crippen LogP contribution >= 0.6 is 11.6 Å². The van der Waals surface area contributed by atoms with Crippen LogP contribution in [0, 0.1) is 22.9 Å². The number of anilines is 1. The highest BCUT2D eigenvalue weighted by molar-refractivity contribution is 6.32. The van der Waals surface area contributed by atoms with Gasteiger partial charge in [-0.15, -0.1) is 0 Å². The van der Waals surface area contributed by atoms with Gasteiger partial charge in [0.2, 0.25) is 5.82 Å². The number of hydrogen-bond donors (Lipinski definition) is 1. The number of halogens is 2. The Hall–Kier alpha value is -2.67. The van der Waals surface area contributed by atoms with E-state index in [-0.39, 0.29) is 5.69 Å². The Labute approximate surface area is 142 Å². The van der Waals surface area contributed by atoms with Crippen molar-refractivity contribution >= 4 is 28.9 Å². The molecule has 0 radical (unpaired) electrons. The standard InChI is InChI=1S/C16H14ClFN2O4/c1-9-3-5-12(17)15(7-9)24-10(2)16(21)19-11-4-6-13(18)14(8-11)20(22)23/h3-8,10H,1-2H3,(H,19,21). The zero-order valence-electron chi connectivity index (χ0n) is 12.9. The number of nitrogens with zero attached hydrogens (tertiary/aromatic N) is 1. The minimum atomic E-state index is -0.978. The lowest BCUT2D eigenvalue weighted by molar-refractivity contribution is -0.387. The summed E-state index contributed by atoms with van der Waals surface area (Å²) in [7, 11) is 0. The first kappa shape index (κ1) is 17.7. The average molecular weight is 353 g/mol. The Balaban J connectivity index is 2.10. The van der Waals surface area contributed by atoms with Gasteiger partial charge < -0.3 is 10.1 Å². The number of nitrogens with one attached hydrogen (secondary N) is 1. The number of amides is 1. The molecule has 6 nitrogen and oxygen atoms in total. The van der Waals surface area contributed by atoms with Gasteiger partial charge in [-0.3, -0.25) is 14.9 Å². The molecule has 1 amide bonds. The van der Waals surface area contributed by atoms with Crippen molar-refractivity contribution in [1.29, 1.82) is 0 Å². The monoisotopic (exact) mass is 352 g/mol. The lowest BCUT2D eigenvalue weighted by atomic mass is 10.2. The van der Waals surface area contributed by atoms with E-state index >= 15 is 0 Å². The minimum absolute atomic E-state index is 0.0962. The molecule has 0 aliphatic carbocycles. The van der Waals surface area contributed by atoms with Crippen LogP contribution in [0.25, 0.3) is 0 Å². The third kappa shape index (κ3) is 4.20. The number of carbonyl (C=O) groups excluding carboxylic acids is 1. The van der Waals surface area contributed by atoms with Crippen LogP contribution in [-0.4, -0.2) is 16.9 Å². The molecule has 2 aromatic carbocycles. The van der Waals surface area contributed by atoms with E-state index in [1.807, 2.05) is 6.92 Å². The van der Waals surface area contributed by atoms with Crippen molar-refractivity contribution in [3.05, 3.63) is 62.9 Å². The molecule has 0 saturated heterocycles. The van der Waals surface area contributed by atoms with Gasteiger partial charge in [-0.1, -0.05) is 17.7 Å². The maximum atomic E-state index is 13.3. The van der Waals surface area contributed by atoms with E-state index in [2.05, 4.69) is 5.32 Å². The number of benzene rings is 2. The summed E-state index contributed by atoms with van der Waals surface area (Å²) < 4.78 is 18.8. The van der Waals surface area contributed by atoms with Crippen LogP contribution < -0.4 is 10.1 Å². The normalized spacial score (nSPS) is 11.7. The summed E-state index contributed by atoms with van der Waals surface area (Å²) in [5.74, 6) is -1.17. The number of rotatable bonds is 5. The van der Waals surface area contributed by atoms with E-state index in [0.717, 1.165) is 17.7 Å². The summed E-state index contributed by atoms with van der Waals surface area (Å²) in [4.78, 5) is 22.0. The van der Waals surface area contributed by atoms with Gasteiger partial charge in [0.1, 0.15) is 5.75 Å². The highest BCUT2D eigenvalue weighted by Crippen LogP contribution is 2.27. The first-order valence-electron chi connectivity index (χ1n) is 6.95. The zero-order chi connectivity index (χ0) is 17.9. The van der Waals surface area contributed by atoms with E-state index < -0.39 is 28.4 Å². The smallest absolute Gasteiger partial charge is 0.306 e. The first-order chi connectivity index (χ1) is 11.3. The molecule has 1 atom stereocenters. The number of nitro benzene ring substituents is 1. The van der Waals surface area contributed by atoms with E-state index in [9.17, 15) is 19.3 Å². The molecule has 0 aromatic heterocycles. The molecule has 0 aliphatic heterocycles. The van der Waals surface area contributed by atoms with Gasteiger partial charge in [0, 0.05) is 11.8 Å². The van der Waals surface area contributed by atoms with Crippen molar-refractivity contribution in [2.24, 2.45) is 0 Å². The van der Waals surface area contributed by atoms with Crippen LogP contribution in [0.15, 0.2) is 36.4 Å². The molecule has 0 aliphatic rings. The summed E-state index contributed by atoms with van der Waals surface area (Å²) in [5, 5.41) is 13.5. The van der Waals surface area contributed by atoms with Crippen LogP contribution in [0.3, 0.4) is 0 Å². The van der Waals surface area contributed by atoms with E-state index in [1.54, 1.807) is 18.2 Å². The van der Waals surface area contributed by atoms with Gasteiger partial charge in [0.05, 0.1) is 9.95 Å². The summed E-state index contributed by atoms with van der Waals surface area (Å²) >= 11 is 6.00. The van der Waals surface area contributed by atoms with Gasteiger partial charge in [0.25, 0.3) is 5.91 Å². The molecule has 2 aromatic rings. The van der Waals surface area contributed by atoms with Gasteiger partial charge in [0.15, 0.2) is 6.10 Å². The fourth-order valence-corrected chi connectivity index (χ4v) is 2.08. The fraction of sp³-hybridized carbons (Fsp3) is 0.188. The van der Waals surface area contributed by atoms with Crippen molar-refractivity contribution in [1.82, 2.24) is 0 Å². The molecule has 0 spiro atoms. The molecule has 1 unspecified atom stereocenters. The quantitative estimate of drug-likeness (QED) is 0.648. The highest BCUT2D eigenvalue weighted by Gasteiger charge is 2.19. The van der Waals surface area contributed by atoms with Crippen LogP contribution in [0.2, 0.25) is 5.02 Å². The zero-order valence-corrected chi connectivity index (χ0v) is 13.6. The number of hydrogen-bond acceptors (Lipinski definition) is 4. The minimum Gasteiger partial charge on any atom is -0.479 e. The number of ether oxygens (including phenoxy) is 1. The van der Waals surface area contributed by atoms with Crippen molar-refractivity contribution in [3.63, 3.8) is 0 Å². The summed E-state index contributed by atoms with van der Waals surface area (Å²) in [5.41, 5.74) is 0.290. The molecular formula is C16H14ClFN2O4. The molecule has 126 valence electrons. The van der Waals surface area contributed by atoms with Crippen LogP contribution in [-0.2, 0) is 4.79 Å². The maximum Gasteiger partial charge on any atom is 0.306 e. The molecule has 1 N–H and O–H groups in total. The second kappa shape index (κ2) is 7.27. The van der Waals surface area contributed by atoms with E-state index in [1.165, 1.54) is 13.0 Å². The molecule has 2 rings (SSSR count). The molecule has 8 heteroatoms. The Morgan fingerprint density at radius 1 is 1.33 bits per heavy atom. The summed E-state index contributed by atoms with van der Waals surface area (Å²) in [6.45, 7) is 3.36. The van der Waals surface area contributed by atoms with Gasteiger partial charge in [-0.05, 0) is 43.7 Å². The molecule has 0 heterocycles. The van der Waals surface area contributed by atoms with Crippen molar-refractivity contribution < 1.29 is 18.8 Å². The second-order valence-corrected chi connectivity index (χ2v) is 5.51. The third-order valence-electron chi connectivity index (χ3n) is 3.17. The third-order valence-corrected chi connectivity index (χ3v) is 3.48. The predicted molar refractivity (Wildman–Crippen MR) is 88.0 cm³/mol. The Bertz CT molecular complexity index is 798. The molecule has 0 fully saturated rings. The van der Waals surface area contributed by atoms with Crippen molar-refractivity contribution in [2.75, 3.05) is 5.32 Å². The summed E-state index contributed by atoms with van der Waals surface area (Å²) in [6, 6.07) is 8.23. The Morgan fingerprint density at radius 3 is 2.71 bits per heavy atom. The van der Waals surface area contributed by atoms with Crippen LogP contribution in [0.5, 0.6) is 5.75 Å². The maximum absolute atomic E-state index is 13.3. The molecule has 0 bridgehead atoms. The molecule has 0 saturated carbocycles. The topological polar surface area (TPSA) is 81.5 Å². The second-order valence-electron chi connectivity index (χ2n) is 5.11. The van der Waals surface area contributed by atoms with Gasteiger partial charge in [-0.25, -0.2) is 0 Å². The van der Waals surface area contributed by atoms with E-state index in [0.29, 0.717) is 10.8 Å². The fourth-order valence-electron chi connectivity index (χ4n) is 1.92. The van der Waals surface area contributed by atoms with E-state index in [4.69, 9.17) is 16.3 Å². The summed E-state index contributed by atoms with van der Waals surface area (Å²) in [6.07, 6.45) is -0.909. The Morgan fingerprint density at radius 2 is 2.04 bits per heavy atom. The average Bonchev–Trinajstić information content (AvgIpc) is 2.52. The van der Waals surface area contributed by atoms with Crippen LogP contribution in [0.4, 0.5) is 15.8 Å². The lowest BCUT2D eigenvalue weighted by Gasteiger charge is -2.16. The SMILES string of the molecule is Cc1ccc(Cl)c(OC(C)C(=O)Nc2ccc(F)c([N+](=O)[O-])c2)c1. The number of aryl methyl sites for hydroxylation is 1. The number of carbonyl (C=O) groups is 1. The van der Waals surface area contributed by atoms with Crippen LogP contribution in [0.1, 0.15) is 12.5 Å². The Kier molecular flexibility index (Phi) is 5.35. The largest absolute Gasteiger partial charge is 0.479 e. The number of nitro groups is 1.